The van der Waals surface area contributed by atoms with Crippen LogP contribution in [0.1, 0.15) is 0 Å². The number of benzene rings is 2. The molecule has 0 N–H and O–H groups in total. The molecule has 0 aromatic heterocycles. The van der Waals surface area contributed by atoms with E-state index in [2.05, 4.69) is 165 Å². The molecule has 0 aliphatic carbocycles. The van der Waals surface area contributed by atoms with Gasteiger partial charge in [0.1, 0.15) is 0 Å². The van der Waals surface area contributed by atoms with Crippen molar-refractivity contribution in [3.05, 3.63) is 48.5 Å². The second-order valence-corrected chi connectivity index (χ2v) is 43.0. The minimum Gasteiger partial charge on any atom is -0.377 e. The van der Waals surface area contributed by atoms with Crippen LogP contribution in [0.15, 0.2) is 48.5 Å². The Morgan fingerprint density at radius 2 is 0.692 bits per heavy atom. The van der Waals surface area contributed by atoms with Crippen molar-refractivity contribution in [1.82, 2.24) is 0 Å². The van der Waals surface area contributed by atoms with E-state index in [1.165, 1.54) is 11.4 Å². The van der Waals surface area contributed by atoms with Crippen LogP contribution in [0.5, 0.6) is 0 Å². The SMILES string of the molecule is CN(C)c1ccccc1PC([Si](C)(C)C)[Si](C)(C)C.CN(C)c1ccccc1PC([Si](C)(C)C)[Si](C)(C)C.[Ge]. The van der Waals surface area contributed by atoms with E-state index in [0.29, 0.717) is 0 Å². The minimum atomic E-state index is -1.11. The van der Waals surface area contributed by atoms with Gasteiger partial charge in [-0.15, -0.1) is 0 Å². The Kier molecular flexibility index (Phi) is 15.8. The molecule has 0 fully saturated rings. The van der Waals surface area contributed by atoms with Crippen molar-refractivity contribution in [2.24, 2.45) is 0 Å². The summed E-state index contributed by atoms with van der Waals surface area (Å²) in [5, 5.41) is 3.12. The molecule has 2 atom stereocenters. The summed E-state index contributed by atoms with van der Waals surface area (Å²) in [5.41, 5.74) is 2.81. The minimum absolute atomic E-state index is 0. The molecule has 4 radical (unpaired) electrons. The molecule has 2 aromatic rings. The van der Waals surface area contributed by atoms with Gasteiger partial charge in [-0.3, -0.25) is 0 Å². The molecule has 0 saturated carbocycles. The Labute approximate surface area is 262 Å². The monoisotopic (exact) mass is 696 g/mol. The van der Waals surface area contributed by atoms with Gasteiger partial charge in [0.05, 0.1) is 0 Å². The molecule has 0 spiro atoms. The van der Waals surface area contributed by atoms with Crippen LogP contribution >= 0.6 is 17.2 Å². The molecular weight excluding hydrogens is 635 g/mol. The Hall–Kier alpha value is 0.310. The van der Waals surface area contributed by atoms with Gasteiger partial charge in [0.15, 0.2) is 0 Å². The summed E-state index contributed by atoms with van der Waals surface area (Å²) in [7, 11) is 6.13. The third-order valence-corrected chi connectivity index (χ3v) is 38.3. The van der Waals surface area contributed by atoms with Gasteiger partial charge in [0.25, 0.3) is 0 Å². The molecule has 0 aliphatic heterocycles. The van der Waals surface area contributed by atoms with Gasteiger partial charge >= 0.3 is 0 Å². The van der Waals surface area contributed by atoms with Crippen LogP contribution < -0.4 is 20.4 Å². The standard InChI is InChI=1S/2C15H30NPSi2.Ge/c2*1-16(2)13-11-9-10-12-14(13)17-15(18(3,4)5)19(6,7)8;/h2*9-12,15,17H,1-8H3;. The Morgan fingerprint density at radius 1 is 0.462 bits per heavy atom. The number of hydrogen-bond donors (Lipinski definition) is 0. The van der Waals surface area contributed by atoms with Crippen molar-refractivity contribution in [2.75, 3.05) is 38.0 Å². The maximum absolute atomic E-state index is 2.54. The van der Waals surface area contributed by atoms with E-state index in [-0.39, 0.29) is 17.6 Å². The van der Waals surface area contributed by atoms with Crippen LogP contribution in [0.2, 0.25) is 78.6 Å². The van der Waals surface area contributed by atoms with Crippen LogP contribution in [-0.4, -0.2) is 87.9 Å². The summed E-state index contributed by atoms with van der Waals surface area (Å²) in [6.07, 6.45) is 0. The molecular formula is C30H60GeN2P2Si4. The van der Waals surface area contributed by atoms with Crippen LogP contribution in [-0.2, 0) is 0 Å². The first-order chi connectivity index (χ1) is 17.1. The zero-order valence-corrected chi connectivity index (χ0v) is 36.3. The third-order valence-electron chi connectivity index (χ3n) is 6.84. The smallest absolute Gasteiger partial charge is 0.0492 e. The number of anilines is 2. The number of rotatable bonds is 10. The van der Waals surface area contributed by atoms with Crippen molar-refractivity contribution in [3.63, 3.8) is 0 Å². The summed E-state index contributed by atoms with van der Waals surface area (Å²) < 4.78 is 0. The molecule has 0 heterocycles. The molecule has 0 aliphatic rings. The van der Waals surface area contributed by atoms with E-state index in [1.54, 1.807) is 10.6 Å². The van der Waals surface area contributed by atoms with E-state index in [4.69, 9.17) is 0 Å². The fraction of sp³-hybridized carbons (Fsp3) is 0.600. The second-order valence-electron chi connectivity index (χ2n) is 15.4. The van der Waals surface area contributed by atoms with Gasteiger partial charge in [0, 0.05) is 89.5 Å². The summed E-state index contributed by atoms with van der Waals surface area (Å²) in [6, 6.07) is 17.9. The zero-order chi connectivity index (χ0) is 29.7. The normalized spacial score (nSPS) is 13.2. The molecule has 0 amide bonds. The number of nitrogens with zero attached hydrogens (tertiary/aromatic N) is 2. The Morgan fingerprint density at radius 3 is 0.897 bits per heavy atom. The molecule has 0 bridgehead atoms. The summed E-state index contributed by atoms with van der Waals surface area (Å²) in [6.45, 7) is 30.5. The maximum Gasteiger partial charge on any atom is 0.0492 e. The van der Waals surface area contributed by atoms with Crippen molar-refractivity contribution in [3.8, 4) is 0 Å². The average Bonchev–Trinajstić information content (AvgIpc) is 2.73. The van der Waals surface area contributed by atoms with Crippen molar-refractivity contribution in [2.45, 2.75) is 88.4 Å². The molecule has 9 heteroatoms. The summed E-state index contributed by atoms with van der Waals surface area (Å²) in [5.74, 6) is 0. The zero-order valence-electron chi connectivity index (χ0n) is 28.2. The van der Waals surface area contributed by atoms with E-state index in [0.717, 1.165) is 27.0 Å². The van der Waals surface area contributed by atoms with Gasteiger partial charge in [-0.2, -0.15) is 0 Å². The van der Waals surface area contributed by atoms with Crippen LogP contribution in [0, 0.1) is 0 Å². The first-order valence-corrected chi connectivity index (χ1v) is 30.6. The first-order valence-electron chi connectivity index (χ1n) is 14.1. The number of hydrogen-bond acceptors (Lipinski definition) is 2. The van der Waals surface area contributed by atoms with Crippen LogP contribution in [0.4, 0.5) is 11.4 Å². The maximum atomic E-state index is 2.54. The molecule has 2 aromatic carbocycles. The molecule has 2 rings (SSSR count). The van der Waals surface area contributed by atoms with E-state index in [1.807, 2.05) is 0 Å². The molecule has 220 valence electrons. The van der Waals surface area contributed by atoms with Gasteiger partial charge in [-0.05, 0) is 32.6 Å². The van der Waals surface area contributed by atoms with Gasteiger partial charge < -0.3 is 9.80 Å². The third kappa shape index (κ3) is 13.0. The molecule has 39 heavy (non-hydrogen) atoms. The van der Waals surface area contributed by atoms with E-state index < -0.39 is 32.3 Å². The fourth-order valence-corrected chi connectivity index (χ4v) is 37.2. The Balaban J connectivity index is 0.000000722. The predicted molar refractivity (Wildman–Crippen MR) is 204 cm³/mol. The largest absolute Gasteiger partial charge is 0.377 e. The van der Waals surface area contributed by atoms with E-state index >= 15 is 0 Å². The van der Waals surface area contributed by atoms with E-state index in [9.17, 15) is 0 Å². The van der Waals surface area contributed by atoms with Crippen LogP contribution in [0.3, 0.4) is 0 Å². The van der Waals surface area contributed by atoms with Crippen molar-refractivity contribution in [1.29, 1.82) is 0 Å². The topological polar surface area (TPSA) is 6.48 Å². The quantitative estimate of drug-likeness (QED) is 0.184. The predicted octanol–water partition coefficient (Wildman–Crippen LogP) is 7.98. The molecule has 0 saturated heterocycles. The van der Waals surface area contributed by atoms with Gasteiger partial charge in [0.2, 0.25) is 0 Å². The summed E-state index contributed by atoms with van der Waals surface area (Å²) >= 11 is 0. The Bertz CT molecular complexity index is 898. The number of para-hydroxylation sites is 2. The molecule has 2 nitrogen and oxygen atoms in total. The van der Waals surface area contributed by atoms with Crippen molar-refractivity contribution < 1.29 is 0 Å². The summed E-state index contributed by atoms with van der Waals surface area (Å²) in [4.78, 5) is 6.43. The first kappa shape index (κ1) is 39.3. The average molecular weight is 696 g/mol. The van der Waals surface area contributed by atoms with Crippen molar-refractivity contribution >= 4 is 89.0 Å². The van der Waals surface area contributed by atoms with Gasteiger partial charge in [-0.1, -0.05) is 132 Å². The second kappa shape index (κ2) is 15.7. The van der Waals surface area contributed by atoms with Gasteiger partial charge in [-0.25, -0.2) is 0 Å². The fourth-order valence-electron chi connectivity index (χ4n) is 5.75. The molecule has 2 unspecified atom stereocenters. The van der Waals surface area contributed by atoms with Crippen LogP contribution in [0.25, 0.3) is 0 Å².